The molecule has 0 saturated heterocycles. The number of benzene rings is 2. The Labute approximate surface area is 150 Å². The molecular formula is C15H14N4O5S2. The number of nitrogens with two attached hydrogens (primary N) is 2. The molecule has 0 aliphatic carbocycles. The molecule has 0 unspecified atom stereocenters. The summed E-state index contributed by atoms with van der Waals surface area (Å²) < 4.78 is 50.3. The Morgan fingerprint density at radius 1 is 1.00 bits per heavy atom. The van der Waals surface area contributed by atoms with E-state index in [1.807, 2.05) is 6.07 Å². The molecule has 136 valence electrons. The smallest absolute Gasteiger partial charge is 0.371 e. The Balaban J connectivity index is 2.23. The summed E-state index contributed by atoms with van der Waals surface area (Å²) in [5, 5.41) is 19.0. The summed E-state index contributed by atoms with van der Waals surface area (Å²) in [4.78, 5) is 0. The summed E-state index contributed by atoms with van der Waals surface area (Å²) in [6.45, 7) is 0. The fourth-order valence-electron chi connectivity index (χ4n) is 1.98. The molecule has 0 saturated carbocycles. The average molecular weight is 394 g/mol. The van der Waals surface area contributed by atoms with Crippen molar-refractivity contribution in [2.24, 2.45) is 10.3 Å². The van der Waals surface area contributed by atoms with E-state index in [-0.39, 0.29) is 11.4 Å². The lowest BCUT2D eigenvalue weighted by Crippen LogP contribution is -2.21. The molecule has 26 heavy (non-hydrogen) atoms. The Morgan fingerprint density at radius 3 is 2.04 bits per heavy atom. The van der Waals surface area contributed by atoms with Crippen molar-refractivity contribution in [3.63, 3.8) is 0 Å². The minimum absolute atomic E-state index is 0.0431. The number of allylic oxidation sites excluding steroid dienone is 1. The normalized spacial score (nSPS) is 12.3. The summed E-state index contributed by atoms with van der Waals surface area (Å²) in [6.07, 6.45) is 1.57. The lowest BCUT2D eigenvalue weighted by molar-refractivity contribution is 0.487. The number of hydrogen-bond donors (Lipinski definition) is 3. The van der Waals surface area contributed by atoms with Crippen molar-refractivity contribution < 1.29 is 21.0 Å². The molecule has 0 atom stereocenters. The van der Waals surface area contributed by atoms with Gasteiger partial charge in [0.1, 0.15) is 5.75 Å². The van der Waals surface area contributed by atoms with Crippen LogP contribution in [0, 0.1) is 11.3 Å². The molecule has 0 amide bonds. The van der Waals surface area contributed by atoms with Crippen LogP contribution in [0.2, 0.25) is 0 Å². The van der Waals surface area contributed by atoms with Crippen molar-refractivity contribution >= 4 is 37.9 Å². The molecule has 5 N–H and O–H groups in total. The molecule has 0 aliphatic heterocycles. The van der Waals surface area contributed by atoms with Crippen LogP contribution in [0.3, 0.4) is 0 Å². The van der Waals surface area contributed by atoms with E-state index in [9.17, 15) is 22.1 Å². The first-order chi connectivity index (χ1) is 12.1. The first kappa shape index (κ1) is 19.4. The Hall–Kier alpha value is -2.91. The maximum atomic E-state index is 11.0. The lowest BCUT2D eigenvalue weighted by atomic mass is 10.0. The standard InChI is InChI=1S/C15H14N4O5S2/c16-10-13(12-3-5-14(6-4-12)19-25(17,20)21)9-11-1-7-15(8-2-11)24-26(18,22)23/h1-9,19H,(H2,17,20,21)(H2,18,22,23). The van der Waals surface area contributed by atoms with Gasteiger partial charge in [-0.25, -0.2) is 5.14 Å². The fourth-order valence-corrected chi connectivity index (χ4v) is 2.83. The van der Waals surface area contributed by atoms with Crippen LogP contribution in [0.1, 0.15) is 11.1 Å². The van der Waals surface area contributed by atoms with Crippen LogP contribution in [0.4, 0.5) is 5.69 Å². The second-order valence-electron chi connectivity index (χ2n) is 5.04. The second-order valence-corrected chi connectivity index (χ2v) is 7.49. The number of nitrogens with one attached hydrogen (secondary N) is 1. The lowest BCUT2D eigenvalue weighted by Gasteiger charge is -2.05. The van der Waals surface area contributed by atoms with Gasteiger partial charge in [-0.15, -0.1) is 0 Å². The van der Waals surface area contributed by atoms with Crippen LogP contribution >= 0.6 is 0 Å². The van der Waals surface area contributed by atoms with Crippen LogP contribution in [-0.2, 0) is 20.5 Å². The third-order valence-electron chi connectivity index (χ3n) is 2.98. The van der Waals surface area contributed by atoms with Gasteiger partial charge in [-0.3, -0.25) is 4.72 Å². The van der Waals surface area contributed by atoms with Gasteiger partial charge in [0, 0.05) is 5.69 Å². The molecule has 2 aromatic rings. The maximum Gasteiger partial charge on any atom is 0.380 e. The Kier molecular flexibility index (Phi) is 5.63. The van der Waals surface area contributed by atoms with E-state index in [0.717, 1.165) is 0 Å². The first-order valence-electron chi connectivity index (χ1n) is 6.91. The van der Waals surface area contributed by atoms with Crippen LogP contribution in [-0.4, -0.2) is 16.8 Å². The van der Waals surface area contributed by atoms with Crippen molar-refractivity contribution in [2.75, 3.05) is 4.72 Å². The summed E-state index contributed by atoms with van der Waals surface area (Å²) in [5.74, 6) is 0.0431. The van der Waals surface area contributed by atoms with Gasteiger partial charge in [0.15, 0.2) is 0 Å². The molecule has 0 aliphatic rings. The number of rotatable bonds is 6. The highest BCUT2D eigenvalue weighted by Crippen LogP contribution is 2.21. The highest BCUT2D eigenvalue weighted by atomic mass is 32.2. The van der Waals surface area contributed by atoms with Crippen molar-refractivity contribution in [3.8, 4) is 11.8 Å². The van der Waals surface area contributed by atoms with E-state index < -0.39 is 20.5 Å². The topological polar surface area (TPSA) is 165 Å². The summed E-state index contributed by atoms with van der Waals surface area (Å²) in [5.41, 5.74) is 1.75. The van der Waals surface area contributed by atoms with E-state index in [1.165, 1.54) is 24.3 Å². The zero-order valence-corrected chi connectivity index (χ0v) is 14.8. The molecule has 0 bridgehead atoms. The fraction of sp³-hybridized carbons (Fsp3) is 0. The molecule has 9 nitrogen and oxygen atoms in total. The third-order valence-corrected chi connectivity index (χ3v) is 3.92. The molecule has 0 radical (unpaired) electrons. The van der Waals surface area contributed by atoms with Gasteiger partial charge < -0.3 is 4.18 Å². The molecule has 0 heterocycles. The predicted molar refractivity (Wildman–Crippen MR) is 96.8 cm³/mol. The van der Waals surface area contributed by atoms with Gasteiger partial charge in [0.25, 0.3) is 10.2 Å². The van der Waals surface area contributed by atoms with Gasteiger partial charge >= 0.3 is 10.3 Å². The van der Waals surface area contributed by atoms with Crippen molar-refractivity contribution in [1.82, 2.24) is 0 Å². The van der Waals surface area contributed by atoms with Crippen LogP contribution < -0.4 is 19.2 Å². The third kappa shape index (κ3) is 6.19. The summed E-state index contributed by atoms with van der Waals surface area (Å²) in [7, 11) is -7.98. The average Bonchev–Trinajstić information content (AvgIpc) is 2.52. The SMILES string of the molecule is N#CC(=Cc1ccc(OS(N)(=O)=O)cc1)c1ccc(NS(N)(=O)=O)cc1. The highest BCUT2D eigenvalue weighted by Gasteiger charge is 2.06. The highest BCUT2D eigenvalue weighted by molar-refractivity contribution is 7.90. The molecule has 11 heteroatoms. The van der Waals surface area contributed by atoms with Gasteiger partial charge in [-0.05, 0) is 41.5 Å². The van der Waals surface area contributed by atoms with E-state index >= 15 is 0 Å². The van der Waals surface area contributed by atoms with Gasteiger partial charge in [0.2, 0.25) is 0 Å². The quantitative estimate of drug-likeness (QED) is 0.487. The van der Waals surface area contributed by atoms with Crippen molar-refractivity contribution in [3.05, 3.63) is 59.7 Å². The molecule has 2 aromatic carbocycles. The zero-order chi connectivity index (χ0) is 19.4. The molecular weight excluding hydrogens is 380 g/mol. The number of nitrogens with zero attached hydrogens (tertiary/aromatic N) is 1. The largest absolute Gasteiger partial charge is 0.380 e. The van der Waals surface area contributed by atoms with E-state index in [0.29, 0.717) is 16.7 Å². The minimum atomic E-state index is -4.10. The van der Waals surface area contributed by atoms with Gasteiger partial charge in [0.05, 0.1) is 11.6 Å². The number of anilines is 1. The minimum Gasteiger partial charge on any atom is -0.371 e. The van der Waals surface area contributed by atoms with E-state index in [1.54, 1.807) is 30.3 Å². The predicted octanol–water partition coefficient (Wildman–Crippen LogP) is 0.948. The monoisotopic (exact) mass is 394 g/mol. The summed E-state index contributed by atoms with van der Waals surface area (Å²) in [6, 6.07) is 14.0. The zero-order valence-electron chi connectivity index (χ0n) is 13.2. The van der Waals surface area contributed by atoms with Crippen LogP contribution in [0.15, 0.2) is 48.5 Å². The Morgan fingerprint density at radius 2 is 1.58 bits per heavy atom. The maximum absolute atomic E-state index is 11.0. The van der Waals surface area contributed by atoms with E-state index in [2.05, 4.69) is 8.91 Å². The van der Waals surface area contributed by atoms with Crippen LogP contribution in [0.25, 0.3) is 11.6 Å². The number of hydrogen-bond acceptors (Lipinski definition) is 6. The molecule has 0 spiro atoms. The Bertz CT molecular complexity index is 1070. The van der Waals surface area contributed by atoms with E-state index in [4.69, 9.17) is 10.3 Å². The van der Waals surface area contributed by atoms with Crippen molar-refractivity contribution in [1.29, 1.82) is 5.26 Å². The molecule has 2 rings (SSSR count). The molecule has 0 aromatic heterocycles. The summed E-state index contributed by atoms with van der Waals surface area (Å²) >= 11 is 0. The van der Waals surface area contributed by atoms with Gasteiger partial charge in [-0.1, -0.05) is 24.3 Å². The first-order valence-corrected chi connectivity index (χ1v) is 9.92. The number of nitriles is 1. The van der Waals surface area contributed by atoms with Crippen molar-refractivity contribution in [2.45, 2.75) is 0 Å². The molecule has 0 fully saturated rings. The van der Waals surface area contributed by atoms with Gasteiger partial charge in [-0.2, -0.15) is 27.2 Å². The van der Waals surface area contributed by atoms with Crippen LogP contribution in [0.5, 0.6) is 5.75 Å². The second kappa shape index (κ2) is 7.54.